The fourth-order valence-corrected chi connectivity index (χ4v) is 1.87. The van der Waals surface area contributed by atoms with Crippen LogP contribution in [-0.4, -0.2) is 13.7 Å². The number of halogens is 4. The second-order valence-electron chi connectivity index (χ2n) is 3.73. The molecule has 1 aliphatic rings. The zero-order valence-corrected chi connectivity index (χ0v) is 9.99. The lowest BCUT2D eigenvalue weighted by atomic mass is 9.99. The van der Waals surface area contributed by atoms with Crippen molar-refractivity contribution >= 4 is 12.4 Å². The maximum Gasteiger partial charge on any atom is 0.416 e. The molecule has 1 atom stereocenters. The quantitative estimate of drug-likeness (QED) is 0.844. The van der Waals surface area contributed by atoms with E-state index < -0.39 is 11.7 Å². The Morgan fingerprint density at radius 1 is 1.35 bits per heavy atom. The molecule has 1 heterocycles. The van der Waals surface area contributed by atoms with Crippen molar-refractivity contribution in [3.8, 4) is 5.75 Å². The molecule has 0 fully saturated rings. The molecule has 0 aliphatic carbocycles. The van der Waals surface area contributed by atoms with Crippen LogP contribution in [0.25, 0.3) is 0 Å². The highest BCUT2D eigenvalue weighted by atomic mass is 35.5. The van der Waals surface area contributed by atoms with Crippen LogP contribution in [0.1, 0.15) is 23.6 Å². The Labute approximate surface area is 104 Å². The summed E-state index contributed by atoms with van der Waals surface area (Å²) in [5.74, 6) is 0.334. The van der Waals surface area contributed by atoms with Crippen LogP contribution in [0, 0.1) is 0 Å². The van der Waals surface area contributed by atoms with E-state index in [1.165, 1.54) is 6.07 Å². The summed E-state index contributed by atoms with van der Waals surface area (Å²) in [6, 6.07) is 3.72. The molecule has 2 rings (SSSR count). The number of hydrogen-bond acceptors (Lipinski definition) is 2. The van der Waals surface area contributed by atoms with Gasteiger partial charge >= 0.3 is 6.18 Å². The summed E-state index contributed by atoms with van der Waals surface area (Å²) < 4.78 is 42.6. The molecule has 0 radical (unpaired) electrons. The molecule has 0 amide bonds. The van der Waals surface area contributed by atoms with E-state index in [0.717, 1.165) is 24.1 Å². The van der Waals surface area contributed by atoms with Crippen molar-refractivity contribution in [1.29, 1.82) is 0 Å². The SMILES string of the molecule is CNC1CCOc2cc(C(F)(F)F)ccc21.Cl. The molecule has 6 heteroatoms. The van der Waals surface area contributed by atoms with Crippen LogP contribution in [0.2, 0.25) is 0 Å². The number of alkyl halides is 3. The summed E-state index contributed by atoms with van der Waals surface area (Å²) in [4.78, 5) is 0. The fraction of sp³-hybridized carbons (Fsp3) is 0.455. The van der Waals surface area contributed by atoms with Crippen LogP contribution < -0.4 is 10.1 Å². The highest BCUT2D eigenvalue weighted by Crippen LogP contribution is 2.37. The predicted molar refractivity (Wildman–Crippen MR) is 60.6 cm³/mol. The lowest BCUT2D eigenvalue weighted by Crippen LogP contribution is -2.24. The van der Waals surface area contributed by atoms with Gasteiger partial charge in [-0.1, -0.05) is 6.07 Å². The van der Waals surface area contributed by atoms with Crippen LogP contribution in [0.15, 0.2) is 18.2 Å². The topological polar surface area (TPSA) is 21.3 Å². The van der Waals surface area contributed by atoms with Gasteiger partial charge in [-0.3, -0.25) is 0 Å². The van der Waals surface area contributed by atoms with Crippen molar-refractivity contribution < 1.29 is 17.9 Å². The molecule has 0 aromatic heterocycles. The standard InChI is InChI=1S/C11H12F3NO.ClH/c1-15-9-4-5-16-10-6-7(11(12,13)14)2-3-8(9)10;/h2-3,6,9,15H,4-5H2,1H3;1H. The van der Waals surface area contributed by atoms with Crippen molar-refractivity contribution in [3.05, 3.63) is 29.3 Å². The third-order valence-electron chi connectivity index (χ3n) is 2.73. The first kappa shape index (κ1) is 14.1. The summed E-state index contributed by atoms with van der Waals surface area (Å²) in [5, 5.41) is 3.06. The van der Waals surface area contributed by atoms with Gasteiger partial charge in [0, 0.05) is 18.0 Å². The second-order valence-corrected chi connectivity index (χ2v) is 3.73. The Morgan fingerprint density at radius 3 is 2.65 bits per heavy atom. The molecular formula is C11H13ClF3NO. The van der Waals surface area contributed by atoms with Crippen molar-refractivity contribution in [2.75, 3.05) is 13.7 Å². The molecule has 1 N–H and O–H groups in total. The first-order valence-electron chi connectivity index (χ1n) is 5.03. The van der Waals surface area contributed by atoms with Crippen molar-refractivity contribution in [2.45, 2.75) is 18.6 Å². The van der Waals surface area contributed by atoms with Crippen LogP contribution in [0.3, 0.4) is 0 Å². The molecule has 1 aromatic carbocycles. The monoisotopic (exact) mass is 267 g/mol. The van der Waals surface area contributed by atoms with Crippen LogP contribution in [-0.2, 0) is 6.18 Å². The highest BCUT2D eigenvalue weighted by Gasteiger charge is 2.32. The third kappa shape index (κ3) is 2.84. The van der Waals surface area contributed by atoms with Crippen LogP contribution in [0.5, 0.6) is 5.75 Å². The van der Waals surface area contributed by atoms with Gasteiger partial charge in [0.2, 0.25) is 0 Å². The van der Waals surface area contributed by atoms with Gasteiger partial charge in [0.05, 0.1) is 12.2 Å². The molecule has 0 saturated carbocycles. The summed E-state index contributed by atoms with van der Waals surface area (Å²) in [6.45, 7) is 0.444. The summed E-state index contributed by atoms with van der Waals surface area (Å²) in [6.07, 6.45) is -3.54. The molecular weight excluding hydrogens is 255 g/mol. The van der Waals surface area contributed by atoms with Crippen molar-refractivity contribution in [1.82, 2.24) is 5.32 Å². The second kappa shape index (κ2) is 5.14. The van der Waals surface area contributed by atoms with E-state index in [1.807, 2.05) is 0 Å². The molecule has 0 bridgehead atoms. The van der Waals surface area contributed by atoms with Gasteiger partial charge in [0.15, 0.2) is 0 Å². The van der Waals surface area contributed by atoms with E-state index in [9.17, 15) is 13.2 Å². The summed E-state index contributed by atoms with van der Waals surface area (Å²) >= 11 is 0. The molecule has 1 aromatic rings. The highest BCUT2D eigenvalue weighted by molar-refractivity contribution is 5.85. The van der Waals surface area contributed by atoms with Crippen molar-refractivity contribution in [2.24, 2.45) is 0 Å². The average Bonchev–Trinajstić information content (AvgIpc) is 2.26. The van der Waals surface area contributed by atoms with Crippen LogP contribution in [0.4, 0.5) is 13.2 Å². The molecule has 0 saturated heterocycles. The van der Waals surface area contributed by atoms with E-state index >= 15 is 0 Å². The minimum Gasteiger partial charge on any atom is -0.493 e. The lowest BCUT2D eigenvalue weighted by molar-refractivity contribution is -0.137. The summed E-state index contributed by atoms with van der Waals surface area (Å²) in [7, 11) is 1.79. The summed E-state index contributed by atoms with van der Waals surface area (Å²) in [5.41, 5.74) is 0.129. The van der Waals surface area contributed by atoms with E-state index in [4.69, 9.17) is 4.74 Å². The van der Waals surface area contributed by atoms with E-state index in [0.29, 0.717) is 12.4 Å². The minimum atomic E-state index is -4.31. The van der Waals surface area contributed by atoms with Gasteiger partial charge in [-0.05, 0) is 19.2 Å². The fourth-order valence-electron chi connectivity index (χ4n) is 1.87. The maximum atomic E-state index is 12.5. The predicted octanol–water partition coefficient (Wildman–Crippen LogP) is 3.17. The van der Waals surface area contributed by atoms with Crippen LogP contribution >= 0.6 is 12.4 Å². The van der Waals surface area contributed by atoms with Gasteiger partial charge < -0.3 is 10.1 Å². The zero-order chi connectivity index (χ0) is 11.8. The van der Waals surface area contributed by atoms with Gasteiger partial charge in [-0.25, -0.2) is 0 Å². The largest absolute Gasteiger partial charge is 0.493 e. The number of ether oxygens (including phenoxy) is 1. The van der Waals surface area contributed by atoms with Crippen molar-refractivity contribution in [3.63, 3.8) is 0 Å². The Hall–Kier alpha value is -0.940. The van der Waals surface area contributed by atoms with E-state index in [1.54, 1.807) is 7.05 Å². The Balaban J connectivity index is 0.00000144. The average molecular weight is 268 g/mol. The first-order valence-corrected chi connectivity index (χ1v) is 5.03. The number of nitrogens with one attached hydrogen (secondary N) is 1. The Morgan fingerprint density at radius 2 is 2.06 bits per heavy atom. The lowest BCUT2D eigenvalue weighted by Gasteiger charge is -2.26. The molecule has 0 spiro atoms. The number of fused-ring (bicyclic) bond motifs is 1. The number of rotatable bonds is 1. The molecule has 1 aliphatic heterocycles. The zero-order valence-electron chi connectivity index (χ0n) is 9.17. The molecule has 17 heavy (non-hydrogen) atoms. The number of hydrogen-bond donors (Lipinski definition) is 1. The normalized spacial score (nSPS) is 18.9. The van der Waals surface area contributed by atoms with Gasteiger partial charge in [-0.2, -0.15) is 13.2 Å². The Bertz CT molecular complexity index is 395. The van der Waals surface area contributed by atoms with E-state index in [2.05, 4.69) is 5.32 Å². The Kier molecular flexibility index (Phi) is 4.27. The smallest absolute Gasteiger partial charge is 0.416 e. The maximum absolute atomic E-state index is 12.5. The molecule has 1 unspecified atom stereocenters. The van der Waals surface area contributed by atoms with Gasteiger partial charge in [-0.15, -0.1) is 12.4 Å². The molecule has 2 nitrogen and oxygen atoms in total. The third-order valence-corrected chi connectivity index (χ3v) is 2.73. The first-order chi connectivity index (χ1) is 7.52. The van der Waals surface area contributed by atoms with Gasteiger partial charge in [0.25, 0.3) is 0 Å². The molecule has 96 valence electrons. The van der Waals surface area contributed by atoms with E-state index in [-0.39, 0.29) is 18.4 Å². The van der Waals surface area contributed by atoms with Gasteiger partial charge in [0.1, 0.15) is 5.75 Å². The number of benzene rings is 1. The minimum absolute atomic E-state index is 0.